The molecule has 0 bridgehead atoms. The van der Waals surface area contributed by atoms with Crippen molar-refractivity contribution in [2.24, 2.45) is 11.1 Å². The highest BCUT2D eigenvalue weighted by molar-refractivity contribution is 4.86. The Morgan fingerprint density at radius 2 is 1.81 bits per heavy atom. The summed E-state index contributed by atoms with van der Waals surface area (Å²) in [6.07, 6.45) is 4.40. The van der Waals surface area contributed by atoms with Crippen LogP contribution in [0.2, 0.25) is 0 Å². The van der Waals surface area contributed by atoms with E-state index in [0.717, 1.165) is 52.0 Å². The molecule has 0 aliphatic carbocycles. The topological polar surface area (TPSA) is 47.3 Å². The summed E-state index contributed by atoms with van der Waals surface area (Å²) >= 11 is 0. The quantitative estimate of drug-likeness (QED) is 0.730. The molecule has 0 unspecified atom stereocenters. The van der Waals surface area contributed by atoms with Crippen LogP contribution in [0.15, 0.2) is 0 Å². The van der Waals surface area contributed by atoms with Gasteiger partial charge in [0.1, 0.15) is 0 Å². The molecule has 0 atom stereocenters. The molecule has 0 aromatic carbocycles. The molecule has 1 heterocycles. The normalized spacial score (nSPS) is 21.0. The highest BCUT2D eigenvalue weighted by atomic mass is 16.5. The van der Waals surface area contributed by atoms with Crippen LogP contribution in [0.3, 0.4) is 0 Å². The fraction of sp³-hybridized carbons (Fsp3) is 1.00. The molecule has 3 nitrogen and oxygen atoms in total. The monoisotopic (exact) mass is 228 g/mol. The fourth-order valence-corrected chi connectivity index (χ4v) is 2.15. The zero-order chi connectivity index (χ0) is 12.1. The maximum absolute atomic E-state index is 6.27. The first-order valence-electron chi connectivity index (χ1n) is 6.61. The molecule has 3 N–H and O–H groups in total. The second-order valence-corrected chi connectivity index (χ2v) is 5.60. The van der Waals surface area contributed by atoms with Gasteiger partial charge in [-0.3, -0.25) is 0 Å². The van der Waals surface area contributed by atoms with Gasteiger partial charge in [0.05, 0.1) is 0 Å². The molecule has 1 rings (SSSR count). The van der Waals surface area contributed by atoms with Gasteiger partial charge in [-0.1, -0.05) is 20.8 Å². The van der Waals surface area contributed by atoms with Gasteiger partial charge in [0, 0.05) is 31.8 Å². The third-order valence-corrected chi connectivity index (χ3v) is 4.14. The molecule has 0 saturated carbocycles. The summed E-state index contributed by atoms with van der Waals surface area (Å²) in [6, 6.07) is 0. The largest absolute Gasteiger partial charge is 0.381 e. The highest BCUT2D eigenvalue weighted by Gasteiger charge is 2.28. The molecule has 1 fully saturated rings. The Morgan fingerprint density at radius 1 is 1.25 bits per heavy atom. The summed E-state index contributed by atoms with van der Waals surface area (Å²) in [5.74, 6) is 0. The molecule has 1 aliphatic rings. The minimum atomic E-state index is -0.0263. The minimum Gasteiger partial charge on any atom is -0.381 e. The summed E-state index contributed by atoms with van der Waals surface area (Å²) in [7, 11) is 0. The molecular formula is C13H28N2O. The van der Waals surface area contributed by atoms with Crippen molar-refractivity contribution in [2.45, 2.75) is 52.0 Å². The predicted octanol–water partition coefficient (Wildman–Crippen LogP) is 1.91. The average Bonchev–Trinajstić information content (AvgIpc) is 2.29. The highest BCUT2D eigenvalue weighted by Crippen LogP contribution is 2.28. The van der Waals surface area contributed by atoms with Crippen LogP contribution in [-0.2, 0) is 4.74 Å². The molecule has 1 saturated heterocycles. The molecule has 0 amide bonds. The van der Waals surface area contributed by atoms with E-state index < -0.39 is 0 Å². The molecule has 0 spiro atoms. The Hall–Kier alpha value is -0.120. The van der Waals surface area contributed by atoms with E-state index in [0.29, 0.717) is 5.41 Å². The van der Waals surface area contributed by atoms with Crippen molar-refractivity contribution in [3.05, 3.63) is 0 Å². The molecule has 0 aromatic rings. The van der Waals surface area contributed by atoms with Crippen molar-refractivity contribution in [3.63, 3.8) is 0 Å². The van der Waals surface area contributed by atoms with Crippen LogP contribution in [0.4, 0.5) is 0 Å². The SMILES string of the molecule is CCC(N)(CC)CNCC1(C)CCOCC1. The fourth-order valence-electron chi connectivity index (χ4n) is 2.15. The van der Waals surface area contributed by atoms with Gasteiger partial charge in [-0.2, -0.15) is 0 Å². The number of nitrogens with two attached hydrogens (primary N) is 1. The summed E-state index contributed by atoms with van der Waals surface area (Å²) in [5, 5.41) is 3.56. The molecular weight excluding hydrogens is 200 g/mol. The summed E-state index contributed by atoms with van der Waals surface area (Å²) < 4.78 is 5.40. The Morgan fingerprint density at radius 3 is 2.31 bits per heavy atom. The number of hydrogen-bond acceptors (Lipinski definition) is 3. The summed E-state index contributed by atoms with van der Waals surface area (Å²) in [6.45, 7) is 10.5. The standard InChI is InChI=1S/C13H28N2O/c1-4-13(14,5-2)11-15-10-12(3)6-8-16-9-7-12/h15H,4-11,14H2,1-3H3. The van der Waals surface area contributed by atoms with Crippen molar-refractivity contribution < 1.29 is 4.74 Å². The first-order chi connectivity index (χ1) is 7.54. The third kappa shape index (κ3) is 4.04. The van der Waals surface area contributed by atoms with Crippen molar-refractivity contribution in [3.8, 4) is 0 Å². The van der Waals surface area contributed by atoms with E-state index in [9.17, 15) is 0 Å². The van der Waals surface area contributed by atoms with Crippen LogP contribution in [0.25, 0.3) is 0 Å². The molecule has 0 aromatic heterocycles. The first kappa shape index (κ1) is 13.9. The lowest BCUT2D eigenvalue weighted by molar-refractivity contribution is 0.0235. The van der Waals surface area contributed by atoms with Crippen LogP contribution < -0.4 is 11.1 Å². The lowest BCUT2D eigenvalue weighted by atomic mass is 9.82. The number of rotatable bonds is 6. The second-order valence-electron chi connectivity index (χ2n) is 5.60. The van der Waals surface area contributed by atoms with E-state index in [-0.39, 0.29) is 5.54 Å². The Balaban J connectivity index is 2.28. The smallest absolute Gasteiger partial charge is 0.0471 e. The minimum absolute atomic E-state index is 0.0263. The van der Waals surface area contributed by atoms with Crippen LogP contribution in [-0.4, -0.2) is 31.8 Å². The van der Waals surface area contributed by atoms with Gasteiger partial charge < -0.3 is 15.8 Å². The Bertz CT molecular complexity index is 196. The van der Waals surface area contributed by atoms with Crippen LogP contribution in [0.1, 0.15) is 46.5 Å². The Labute approximate surface area is 100 Å². The van der Waals surface area contributed by atoms with Crippen LogP contribution in [0, 0.1) is 5.41 Å². The zero-order valence-electron chi connectivity index (χ0n) is 11.1. The maximum atomic E-state index is 6.27. The van der Waals surface area contributed by atoms with E-state index in [1.807, 2.05) is 0 Å². The van der Waals surface area contributed by atoms with Crippen molar-refractivity contribution in [1.29, 1.82) is 0 Å². The van der Waals surface area contributed by atoms with E-state index in [1.54, 1.807) is 0 Å². The van der Waals surface area contributed by atoms with E-state index in [1.165, 1.54) is 0 Å². The number of nitrogens with one attached hydrogen (secondary N) is 1. The Kier molecular flexibility index (Phi) is 5.22. The van der Waals surface area contributed by atoms with Crippen LogP contribution in [0.5, 0.6) is 0 Å². The lowest BCUT2D eigenvalue weighted by Crippen LogP contribution is -2.50. The summed E-state index contributed by atoms with van der Waals surface area (Å²) in [4.78, 5) is 0. The van der Waals surface area contributed by atoms with E-state index >= 15 is 0 Å². The third-order valence-electron chi connectivity index (χ3n) is 4.14. The molecule has 96 valence electrons. The predicted molar refractivity (Wildman–Crippen MR) is 68.5 cm³/mol. The number of hydrogen-bond donors (Lipinski definition) is 2. The van der Waals surface area contributed by atoms with Crippen LogP contribution >= 0.6 is 0 Å². The maximum Gasteiger partial charge on any atom is 0.0471 e. The molecule has 3 heteroatoms. The van der Waals surface area contributed by atoms with Gasteiger partial charge >= 0.3 is 0 Å². The van der Waals surface area contributed by atoms with Gasteiger partial charge in [0.15, 0.2) is 0 Å². The van der Waals surface area contributed by atoms with E-state index in [4.69, 9.17) is 10.5 Å². The number of ether oxygens (including phenoxy) is 1. The van der Waals surface area contributed by atoms with E-state index in [2.05, 4.69) is 26.1 Å². The first-order valence-corrected chi connectivity index (χ1v) is 6.61. The second kappa shape index (κ2) is 5.99. The molecule has 1 aliphatic heterocycles. The zero-order valence-corrected chi connectivity index (χ0v) is 11.1. The molecule has 0 radical (unpaired) electrons. The van der Waals surface area contributed by atoms with Gasteiger partial charge in [0.25, 0.3) is 0 Å². The van der Waals surface area contributed by atoms with Gasteiger partial charge in [0.2, 0.25) is 0 Å². The van der Waals surface area contributed by atoms with Gasteiger partial charge in [-0.15, -0.1) is 0 Å². The molecule has 16 heavy (non-hydrogen) atoms. The lowest BCUT2D eigenvalue weighted by Gasteiger charge is -2.35. The van der Waals surface area contributed by atoms with Gasteiger partial charge in [-0.25, -0.2) is 0 Å². The van der Waals surface area contributed by atoms with Gasteiger partial charge in [-0.05, 0) is 31.1 Å². The summed E-state index contributed by atoms with van der Waals surface area (Å²) in [5.41, 5.74) is 6.65. The average molecular weight is 228 g/mol. The van der Waals surface area contributed by atoms with Crippen molar-refractivity contribution >= 4 is 0 Å². The van der Waals surface area contributed by atoms with Crippen molar-refractivity contribution in [1.82, 2.24) is 5.32 Å². The van der Waals surface area contributed by atoms with Crippen molar-refractivity contribution in [2.75, 3.05) is 26.3 Å².